The fourth-order valence-electron chi connectivity index (χ4n) is 2.02. The van der Waals surface area contributed by atoms with Gasteiger partial charge in [-0.15, -0.1) is 11.6 Å². The van der Waals surface area contributed by atoms with Crippen molar-refractivity contribution in [3.05, 3.63) is 12.2 Å². The lowest BCUT2D eigenvalue weighted by Crippen LogP contribution is -2.17. The van der Waals surface area contributed by atoms with Gasteiger partial charge in [0.05, 0.1) is 11.5 Å². The maximum Gasteiger partial charge on any atom is 0.0884 e. The van der Waals surface area contributed by atoms with Gasteiger partial charge in [-0.3, -0.25) is 0 Å². The van der Waals surface area contributed by atoms with E-state index >= 15 is 0 Å². The summed E-state index contributed by atoms with van der Waals surface area (Å²) in [5.74, 6) is 0. The number of hydrogen-bond acceptors (Lipinski definition) is 1. The Morgan fingerprint density at radius 2 is 1.56 bits per heavy atom. The van der Waals surface area contributed by atoms with Gasteiger partial charge in [0.2, 0.25) is 0 Å². The van der Waals surface area contributed by atoms with E-state index in [-0.39, 0.29) is 5.38 Å². The first-order chi connectivity index (χ1) is 8.72. The minimum Gasteiger partial charge on any atom is -0.388 e. The van der Waals surface area contributed by atoms with Gasteiger partial charge < -0.3 is 5.11 Å². The highest BCUT2D eigenvalue weighted by Crippen LogP contribution is 2.12. The molecule has 1 nitrogen and oxygen atoms in total. The maximum absolute atomic E-state index is 9.73. The van der Waals surface area contributed by atoms with Crippen LogP contribution in [0.4, 0.5) is 0 Å². The van der Waals surface area contributed by atoms with Crippen molar-refractivity contribution in [1.29, 1.82) is 0 Å². The van der Waals surface area contributed by atoms with Crippen molar-refractivity contribution in [2.45, 2.75) is 89.5 Å². The van der Waals surface area contributed by atoms with Gasteiger partial charge >= 0.3 is 0 Å². The van der Waals surface area contributed by atoms with Crippen LogP contribution in [0.2, 0.25) is 0 Å². The molecule has 0 saturated heterocycles. The first-order valence-corrected chi connectivity index (χ1v) is 8.14. The molecule has 2 atom stereocenters. The van der Waals surface area contributed by atoms with Crippen LogP contribution in [-0.2, 0) is 0 Å². The minimum absolute atomic E-state index is 0.125. The second-order valence-corrected chi connectivity index (χ2v) is 5.69. The molecule has 0 bridgehead atoms. The standard InChI is InChI=1S/C16H31ClO/c1-3-5-6-7-8-9-10-11-12-14-16(18)15(17)13-4-2/h12,14-16,18H,3-11,13H2,1-2H3/b14-12+/t15-,16+/m1/s1. The van der Waals surface area contributed by atoms with Crippen molar-refractivity contribution >= 4 is 11.6 Å². The van der Waals surface area contributed by atoms with Gasteiger partial charge in [-0.2, -0.15) is 0 Å². The second kappa shape index (κ2) is 13.4. The third kappa shape index (κ3) is 11.1. The van der Waals surface area contributed by atoms with Crippen LogP contribution in [-0.4, -0.2) is 16.6 Å². The third-order valence-corrected chi connectivity index (χ3v) is 3.72. The summed E-state index contributed by atoms with van der Waals surface area (Å²) in [6.45, 7) is 4.34. The first kappa shape index (κ1) is 18.0. The summed E-state index contributed by atoms with van der Waals surface area (Å²) < 4.78 is 0. The molecular formula is C16H31ClO. The molecule has 0 fully saturated rings. The Balaban J connectivity index is 3.36. The van der Waals surface area contributed by atoms with Crippen LogP contribution in [0.25, 0.3) is 0 Å². The number of rotatable bonds is 12. The largest absolute Gasteiger partial charge is 0.388 e. The lowest BCUT2D eigenvalue weighted by molar-refractivity contribution is 0.212. The Hall–Kier alpha value is -0.0100. The molecule has 0 saturated carbocycles. The summed E-state index contributed by atoms with van der Waals surface area (Å²) in [7, 11) is 0. The number of aliphatic hydroxyl groups excluding tert-OH is 1. The average molecular weight is 275 g/mol. The van der Waals surface area contributed by atoms with E-state index < -0.39 is 6.10 Å². The van der Waals surface area contributed by atoms with Gasteiger partial charge in [0.1, 0.15) is 0 Å². The normalized spacial score (nSPS) is 15.1. The third-order valence-electron chi connectivity index (χ3n) is 3.24. The number of alkyl halides is 1. The van der Waals surface area contributed by atoms with Crippen LogP contribution >= 0.6 is 11.6 Å². The molecule has 1 N–H and O–H groups in total. The summed E-state index contributed by atoms with van der Waals surface area (Å²) in [6.07, 6.45) is 15.8. The average Bonchev–Trinajstić information content (AvgIpc) is 2.36. The van der Waals surface area contributed by atoms with E-state index in [0.29, 0.717) is 0 Å². The van der Waals surface area contributed by atoms with Crippen molar-refractivity contribution in [3.63, 3.8) is 0 Å². The van der Waals surface area contributed by atoms with Crippen LogP contribution < -0.4 is 0 Å². The summed E-state index contributed by atoms with van der Waals surface area (Å²) >= 11 is 6.04. The van der Waals surface area contributed by atoms with Crippen molar-refractivity contribution in [2.24, 2.45) is 0 Å². The van der Waals surface area contributed by atoms with Gasteiger partial charge in [-0.1, -0.05) is 70.9 Å². The van der Waals surface area contributed by atoms with Crippen molar-refractivity contribution in [3.8, 4) is 0 Å². The molecule has 18 heavy (non-hydrogen) atoms. The number of unbranched alkanes of at least 4 members (excludes halogenated alkanes) is 7. The zero-order valence-corrected chi connectivity index (χ0v) is 13.0. The Morgan fingerprint density at radius 3 is 2.17 bits per heavy atom. The van der Waals surface area contributed by atoms with Crippen LogP contribution in [0.5, 0.6) is 0 Å². The number of allylic oxidation sites excluding steroid dienone is 1. The second-order valence-electron chi connectivity index (χ2n) is 5.13. The van der Waals surface area contributed by atoms with E-state index in [9.17, 15) is 5.11 Å². The minimum atomic E-state index is -0.476. The summed E-state index contributed by atoms with van der Waals surface area (Å²) in [6, 6.07) is 0. The quantitative estimate of drug-likeness (QED) is 0.285. The fraction of sp³-hybridized carbons (Fsp3) is 0.875. The van der Waals surface area contributed by atoms with E-state index in [2.05, 4.69) is 19.9 Å². The molecule has 108 valence electrons. The van der Waals surface area contributed by atoms with E-state index in [1.807, 2.05) is 6.08 Å². The van der Waals surface area contributed by atoms with Gasteiger partial charge in [0.25, 0.3) is 0 Å². The van der Waals surface area contributed by atoms with E-state index in [1.165, 1.54) is 44.9 Å². The van der Waals surface area contributed by atoms with Crippen molar-refractivity contribution in [1.82, 2.24) is 0 Å². The highest BCUT2D eigenvalue weighted by atomic mass is 35.5. The molecule has 0 aliphatic carbocycles. The van der Waals surface area contributed by atoms with Crippen molar-refractivity contribution in [2.75, 3.05) is 0 Å². The van der Waals surface area contributed by atoms with Gasteiger partial charge in [0.15, 0.2) is 0 Å². The molecule has 0 aromatic carbocycles. The predicted octanol–water partition coefficient (Wildman–Crippen LogP) is 5.45. The molecule has 0 spiro atoms. The molecule has 0 aliphatic rings. The Kier molecular flexibility index (Phi) is 13.4. The molecule has 0 rings (SSSR count). The highest BCUT2D eigenvalue weighted by Gasteiger charge is 2.11. The molecule has 0 amide bonds. The fourth-order valence-corrected chi connectivity index (χ4v) is 2.32. The smallest absolute Gasteiger partial charge is 0.0884 e. The topological polar surface area (TPSA) is 20.2 Å². The predicted molar refractivity (Wildman–Crippen MR) is 82.3 cm³/mol. The molecule has 0 aliphatic heterocycles. The number of hydrogen-bond donors (Lipinski definition) is 1. The molecular weight excluding hydrogens is 244 g/mol. The van der Waals surface area contributed by atoms with Gasteiger partial charge in [0, 0.05) is 0 Å². The lowest BCUT2D eigenvalue weighted by atomic mass is 10.1. The zero-order valence-electron chi connectivity index (χ0n) is 12.2. The van der Waals surface area contributed by atoms with Crippen LogP contribution in [0, 0.1) is 0 Å². The highest BCUT2D eigenvalue weighted by molar-refractivity contribution is 6.21. The summed E-state index contributed by atoms with van der Waals surface area (Å²) in [4.78, 5) is 0. The molecule has 0 heterocycles. The van der Waals surface area contributed by atoms with Crippen molar-refractivity contribution < 1.29 is 5.11 Å². The number of halogens is 1. The monoisotopic (exact) mass is 274 g/mol. The summed E-state index contributed by atoms with van der Waals surface area (Å²) in [5.41, 5.74) is 0. The van der Waals surface area contributed by atoms with Gasteiger partial charge in [-0.05, 0) is 19.3 Å². The van der Waals surface area contributed by atoms with E-state index in [1.54, 1.807) is 0 Å². The van der Waals surface area contributed by atoms with E-state index in [0.717, 1.165) is 19.3 Å². The zero-order chi connectivity index (χ0) is 13.6. The Labute approximate surface area is 119 Å². The number of aliphatic hydroxyl groups is 1. The summed E-state index contributed by atoms with van der Waals surface area (Å²) in [5, 5.41) is 9.61. The molecule has 0 radical (unpaired) electrons. The SMILES string of the molecule is CCCCCCCCC/C=C/[C@H](O)[C@H](Cl)CCC. The molecule has 0 unspecified atom stereocenters. The molecule has 0 aromatic heterocycles. The first-order valence-electron chi connectivity index (χ1n) is 7.71. The van der Waals surface area contributed by atoms with Crippen LogP contribution in [0.3, 0.4) is 0 Å². The molecule has 2 heteroatoms. The van der Waals surface area contributed by atoms with Gasteiger partial charge in [-0.25, -0.2) is 0 Å². The van der Waals surface area contributed by atoms with Crippen LogP contribution in [0.1, 0.15) is 78.1 Å². The van der Waals surface area contributed by atoms with Crippen LogP contribution in [0.15, 0.2) is 12.2 Å². The lowest BCUT2D eigenvalue weighted by Gasteiger charge is -2.11. The van der Waals surface area contributed by atoms with E-state index in [4.69, 9.17) is 11.6 Å². The Bertz CT molecular complexity index is 192. The molecule has 0 aromatic rings. The Morgan fingerprint density at radius 1 is 0.944 bits per heavy atom. The maximum atomic E-state index is 9.73.